The zero-order valence-electron chi connectivity index (χ0n) is 16.9. The maximum Gasteiger partial charge on any atom is 0.229 e. The van der Waals surface area contributed by atoms with Crippen molar-refractivity contribution in [1.29, 1.82) is 0 Å². The fourth-order valence-corrected chi connectivity index (χ4v) is 3.63. The quantitative estimate of drug-likeness (QED) is 0.788. The van der Waals surface area contributed by atoms with E-state index < -0.39 is 0 Å². The van der Waals surface area contributed by atoms with Crippen molar-refractivity contribution in [2.24, 2.45) is 5.92 Å². The predicted octanol–water partition coefficient (Wildman–Crippen LogP) is 4.09. The number of nitrogens with zero attached hydrogens (tertiary/aromatic N) is 2. The van der Waals surface area contributed by atoms with Crippen molar-refractivity contribution in [3.05, 3.63) is 54.1 Å². The Morgan fingerprint density at radius 2 is 1.68 bits per heavy atom. The highest BCUT2D eigenvalue weighted by molar-refractivity contribution is 6.03. The van der Waals surface area contributed by atoms with E-state index in [2.05, 4.69) is 31.0 Å². The van der Waals surface area contributed by atoms with E-state index in [1.54, 1.807) is 4.90 Å². The molecule has 0 aliphatic carbocycles. The van der Waals surface area contributed by atoms with Gasteiger partial charge in [-0.25, -0.2) is 0 Å². The summed E-state index contributed by atoms with van der Waals surface area (Å²) in [5.74, 6) is -0.433. The molecule has 2 aromatic rings. The molecule has 148 valence electrons. The number of hydrogen-bond donors (Lipinski definition) is 1. The summed E-state index contributed by atoms with van der Waals surface area (Å²) < 4.78 is 0. The molecule has 0 radical (unpaired) electrons. The predicted molar refractivity (Wildman–Crippen MR) is 115 cm³/mol. The largest absolute Gasteiger partial charge is 0.372 e. The molecule has 28 heavy (non-hydrogen) atoms. The summed E-state index contributed by atoms with van der Waals surface area (Å²) in [5, 5.41) is 2.94. The van der Waals surface area contributed by atoms with Crippen LogP contribution < -0.4 is 15.1 Å². The summed E-state index contributed by atoms with van der Waals surface area (Å²) in [6.45, 7) is 8.66. The molecule has 5 heteroatoms. The zero-order chi connectivity index (χ0) is 20.1. The summed E-state index contributed by atoms with van der Waals surface area (Å²) in [6, 6.07) is 15.9. The van der Waals surface area contributed by atoms with E-state index in [1.165, 1.54) is 5.56 Å². The maximum absolute atomic E-state index is 12.6. The second-order valence-electron chi connectivity index (χ2n) is 7.13. The van der Waals surface area contributed by atoms with Crippen molar-refractivity contribution in [2.75, 3.05) is 34.8 Å². The van der Waals surface area contributed by atoms with Crippen LogP contribution in [0.4, 0.5) is 17.1 Å². The van der Waals surface area contributed by atoms with Gasteiger partial charge in [0.15, 0.2) is 0 Å². The first kappa shape index (κ1) is 19.9. The number of amides is 2. The molecule has 1 aliphatic rings. The molecule has 1 fully saturated rings. The zero-order valence-corrected chi connectivity index (χ0v) is 16.9. The van der Waals surface area contributed by atoms with Gasteiger partial charge >= 0.3 is 0 Å². The summed E-state index contributed by atoms with van der Waals surface area (Å²) in [6.07, 6.45) is 1.21. The van der Waals surface area contributed by atoms with Crippen LogP contribution in [0.15, 0.2) is 48.5 Å². The molecule has 5 nitrogen and oxygen atoms in total. The SMILES string of the molecule is CCc1ccc(NC(=O)C2CC(=O)N(c3ccc(N(CC)CC)cc3)C2)cc1. The van der Waals surface area contributed by atoms with Crippen LogP contribution in [0.1, 0.15) is 32.8 Å². The van der Waals surface area contributed by atoms with Crippen molar-refractivity contribution in [2.45, 2.75) is 33.6 Å². The Morgan fingerprint density at radius 3 is 2.25 bits per heavy atom. The van der Waals surface area contributed by atoms with Crippen molar-refractivity contribution < 1.29 is 9.59 Å². The molecule has 1 saturated heterocycles. The van der Waals surface area contributed by atoms with Crippen molar-refractivity contribution in [3.63, 3.8) is 0 Å². The minimum Gasteiger partial charge on any atom is -0.372 e. The summed E-state index contributed by atoms with van der Waals surface area (Å²) in [7, 11) is 0. The molecule has 1 heterocycles. The maximum atomic E-state index is 12.6. The average molecular weight is 380 g/mol. The van der Waals surface area contributed by atoms with E-state index in [1.807, 2.05) is 48.5 Å². The highest BCUT2D eigenvalue weighted by Gasteiger charge is 2.35. The van der Waals surface area contributed by atoms with Gasteiger partial charge in [0.05, 0.1) is 5.92 Å². The van der Waals surface area contributed by atoms with Crippen LogP contribution in [0.5, 0.6) is 0 Å². The topological polar surface area (TPSA) is 52.7 Å². The van der Waals surface area contributed by atoms with Gasteiger partial charge in [-0.3, -0.25) is 9.59 Å². The van der Waals surface area contributed by atoms with Crippen LogP contribution in [0.3, 0.4) is 0 Å². The first-order valence-corrected chi connectivity index (χ1v) is 10.1. The molecule has 0 aromatic heterocycles. The average Bonchev–Trinajstić information content (AvgIpc) is 3.12. The van der Waals surface area contributed by atoms with Crippen LogP contribution in [0, 0.1) is 5.92 Å². The van der Waals surface area contributed by atoms with Gasteiger partial charge in [0.1, 0.15) is 0 Å². The molecule has 2 aromatic carbocycles. The van der Waals surface area contributed by atoms with E-state index in [0.29, 0.717) is 6.54 Å². The lowest BCUT2D eigenvalue weighted by atomic mass is 10.1. The van der Waals surface area contributed by atoms with E-state index in [9.17, 15) is 9.59 Å². The standard InChI is InChI=1S/C23H29N3O2/c1-4-17-7-9-19(10-8-17)24-23(28)18-15-22(27)26(16-18)21-13-11-20(12-14-21)25(5-2)6-3/h7-14,18H,4-6,15-16H2,1-3H3,(H,24,28). The molecular weight excluding hydrogens is 350 g/mol. The molecule has 1 aliphatic heterocycles. The van der Waals surface area contributed by atoms with Crippen molar-refractivity contribution >= 4 is 28.9 Å². The third-order valence-electron chi connectivity index (χ3n) is 5.42. The number of carbonyl (C=O) groups is 2. The second-order valence-corrected chi connectivity index (χ2v) is 7.13. The molecule has 0 bridgehead atoms. The Labute approximate surface area is 167 Å². The molecule has 2 amide bonds. The van der Waals surface area contributed by atoms with Gasteiger partial charge in [0.2, 0.25) is 11.8 Å². The number of rotatable bonds is 7. The van der Waals surface area contributed by atoms with Gasteiger partial charge in [-0.1, -0.05) is 19.1 Å². The Bertz CT molecular complexity index is 811. The van der Waals surface area contributed by atoms with E-state index in [0.717, 1.165) is 36.6 Å². The Balaban J connectivity index is 1.64. The highest BCUT2D eigenvalue weighted by Crippen LogP contribution is 2.28. The lowest BCUT2D eigenvalue weighted by molar-refractivity contribution is -0.122. The fourth-order valence-electron chi connectivity index (χ4n) is 3.63. The van der Waals surface area contributed by atoms with Gasteiger partial charge < -0.3 is 15.1 Å². The molecule has 1 atom stereocenters. The first-order valence-electron chi connectivity index (χ1n) is 10.1. The van der Waals surface area contributed by atoms with Gasteiger partial charge in [0.25, 0.3) is 0 Å². The number of anilines is 3. The summed E-state index contributed by atoms with van der Waals surface area (Å²) >= 11 is 0. The number of aryl methyl sites for hydroxylation is 1. The third-order valence-corrected chi connectivity index (χ3v) is 5.42. The molecule has 3 rings (SSSR count). The number of nitrogens with one attached hydrogen (secondary N) is 1. The van der Waals surface area contributed by atoms with Crippen LogP contribution in [0.2, 0.25) is 0 Å². The van der Waals surface area contributed by atoms with Crippen molar-refractivity contribution in [3.8, 4) is 0 Å². The molecule has 0 spiro atoms. The van der Waals surface area contributed by atoms with Crippen LogP contribution >= 0.6 is 0 Å². The highest BCUT2D eigenvalue weighted by atomic mass is 16.2. The minimum atomic E-state index is -0.333. The van der Waals surface area contributed by atoms with E-state index in [-0.39, 0.29) is 24.2 Å². The Kier molecular flexibility index (Phi) is 6.34. The minimum absolute atomic E-state index is 0.00271. The van der Waals surface area contributed by atoms with Crippen molar-refractivity contribution in [1.82, 2.24) is 0 Å². The first-order chi connectivity index (χ1) is 13.5. The normalized spacial score (nSPS) is 16.3. The second kappa shape index (κ2) is 8.91. The number of benzene rings is 2. The van der Waals surface area contributed by atoms with E-state index in [4.69, 9.17) is 0 Å². The van der Waals surface area contributed by atoms with Gasteiger partial charge in [-0.05, 0) is 62.2 Å². The van der Waals surface area contributed by atoms with Crippen LogP contribution in [0.25, 0.3) is 0 Å². The van der Waals surface area contributed by atoms with Crippen LogP contribution in [-0.4, -0.2) is 31.4 Å². The van der Waals surface area contributed by atoms with E-state index >= 15 is 0 Å². The lowest BCUT2D eigenvalue weighted by Gasteiger charge is -2.22. The van der Waals surface area contributed by atoms with Gasteiger partial charge in [-0.2, -0.15) is 0 Å². The summed E-state index contributed by atoms with van der Waals surface area (Å²) in [4.78, 5) is 29.1. The smallest absolute Gasteiger partial charge is 0.229 e. The van der Waals surface area contributed by atoms with Gasteiger partial charge in [0, 0.05) is 43.1 Å². The fraction of sp³-hybridized carbons (Fsp3) is 0.391. The number of hydrogen-bond acceptors (Lipinski definition) is 3. The molecule has 1 unspecified atom stereocenters. The Morgan fingerprint density at radius 1 is 1.04 bits per heavy atom. The molecule has 0 saturated carbocycles. The Hall–Kier alpha value is -2.82. The van der Waals surface area contributed by atoms with Gasteiger partial charge in [-0.15, -0.1) is 0 Å². The molecule has 1 N–H and O–H groups in total. The monoisotopic (exact) mass is 379 g/mol. The lowest BCUT2D eigenvalue weighted by Crippen LogP contribution is -2.28. The number of carbonyl (C=O) groups excluding carboxylic acids is 2. The summed E-state index contributed by atoms with van der Waals surface area (Å²) in [5.41, 5.74) is 4.00. The van der Waals surface area contributed by atoms with Crippen LogP contribution in [-0.2, 0) is 16.0 Å². The molecular formula is C23H29N3O2. The third kappa shape index (κ3) is 4.35.